The molecule has 3 aromatic carbocycles. The van der Waals surface area contributed by atoms with Gasteiger partial charge in [0.2, 0.25) is 5.91 Å². The van der Waals surface area contributed by atoms with E-state index < -0.39 is 35.3 Å². The Morgan fingerprint density at radius 3 is 2.47 bits per heavy atom. The molecule has 5 rings (SSSR count). The molecule has 1 unspecified atom stereocenters. The molecule has 0 aliphatic carbocycles. The second-order valence-corrected chi connectivity index (χ2v) is 11.9. The zero-order valence-electron chi connectivity index (χ0n) is 23.8. The van der Waals surface area contributed by atoms with E-state index in [4.69, 9.17) is 9.72 Å². The molecule has 11 heteroatoms. The van der Waals surface area contributed by atoms with Gasteiger partial charge in [-0.05, 0) is 98.2 Å². The molecule has 43 heavy (non-hydrogen) atoms. The summed E-state index contributed by atoms with van der Waals surface area (Å²) in [5, 5.41) is 0. The van der Waals surface area contributed by atoms with Crippen LogP contribution in [0.1, 0.15) is 49.7 Å². The van der Waals surface area contributed by atoms with E-state index in [0.29, 0.717) is 41.8 Å². The van der Waals surface area contributed by atoms with Gasteiger partial charge >= 0.3 is 6.18 Å². The number of nitrogens with zero attached hydrogens (tertiary/aromatic N) is 3. The molecule has 228 valence electrons. The van der Waals surface area contributed by atoms with Gasteiger partial charge in [0.05, 0.1) is 35.7 Å². The smallest absolute Gasteiger partial charge is 0.419 e. The molecule has 1 amide bonds. The first kappa shape index (κ1) is 30.8. The van der Waals surface area contributed by atoms with Crippen LogP contribution in [0, 0.1) is 17.6 Å². The third-order valence-corrected chi connectivity index (χ3v) is 8.75. The van der Waals surface area contributed by atoms with Crippen LogP contribution < -0.4 is 4.74 Å². The number of fused-ring (bicyclic) bond motifs is 1. The highest BCUT2D eigenvalue weighted by atomic mass is 32.2. The zero-order valence-corrected chi connectivity index (χ0v) is 24.7. The number of amides is 1. The standard InChI is InChI=1S/C32H32F5N3O2S/c1-3-42-25-8-6-24(7-9-25)40-29-11-5-23(33)18-28(29)38-31(40)20(2)39(19-21-12-14-43-15-13-21)30(41)17-22-4-10-27(34)26(16-22)32(35,36)37/h4-11,16,18,20-21H,3,12-15,17,19H2,1-2H3. The Kier molecular flexibility index (Phi) is 9.29. The summed E-state index contributed by atoms with van der Waals surface area (Å²) in [6, 6.07) is 13.7. The van der Waals surface area contributed by atoms with Crippen LogP contribution >= 0.6 is 11.8 Å². The number of halogens is 5. The summed E-state index contributed by atoms with van der Waals surface area (Å²) < 4.78 is 75.9. The maximum Gasteiger partial charge on any atom is 0.419 e. The Hall–Kier alpha value is -3.60. The van der Waals surface area contributed by atoms with Crippen molar-refractivity contribution in [1.29, 1.82) is 0 Å². The van der Waals surface area contributed by atoms with Gasteiger partial charge in [-0.25, -0.2) is 13.8 Å². The lowest BCUT2D eigenvalue weighted by atomic mass is 10.00. The minimum Gasteiger partial charge on any atom is -0.494 e. The molecule has 1 aliphatic rings. The lowest BCUT2D eigenvalue weighted by Gasteiger charge is -2.34. The molecular weight excluding hydrogens is 585 g/mol. The molecule has 1 aromatic heterocycles. The lowest BCUT2D eigenvalue weighted by molar-refractivity contribution is -0.140. The Labute approximate surface area is 251 Å². The number of carbonyl (C=O) groups excluding carboxylic acids is 1. The molecular formula is C32H32F5N3O2S. The molecule has 5 nitrogen and oxygen atoms in total. The summed E-state index contributed by atoms with van der Waals surface area (Å²) in [4.78, 5) is 20.3. The van der Waals surface area contributed by atoms with Crippen molar-refractivity contribution < 1.29 is 31.5 Å². The van der Waals surface area contributed by atoms with Gasteiger partial charge in [-0.3, -0.25) is 9.36 Å². The third kappa shape index (κ3) is 6.98. The highest BCUT2D eigenvalue weighted by Crippen LogP contribution is 2.34. The van der Waals surface area contributed by atoms with E-state index in [1.165, 1.54) is 18.2 Å². The van der Waals surface area contributed by atoms with Crippen LogP contribution in [0.5, 0.6) is 5.75 Å². The molecule has 4 aromatic rings. The molecule has 1 atom stereocenters. The van der Waals surface area contributed by atoms with Crippen molar-refractivity contribution in [2.24, 2.45) is 5.92 Å². The molecule has 0 radical (unpaired) electrons. The largest absolute Gasteiger partial charge is 0.494 e. The number of thioether (sulfide) groups is 1. The van der Waals surface area contributed by atoms with Crippen molar-refractivity contribution in [3.63, 3.8) is 0 Å². The number of alkyl halides is 3. The Morgan fingerprint density at radius 1 is 1.07 bits per heavy atom. The van der Waals surface area contributed by atoms with Gasteiger partial charge < -0.3 is 9.64 Å². The van der Waals surface area contributed by atoms with E-state index in [2.05, 4.69) is 0 Å². The van der Waals surface area contributed by atoms with Crippen molar-refractivity contribution >= 4 is 28.7 Å². The second-order valence-electron chi connectivity index (χ2n) is 10.6. The van der Waals surface area contributed by atoms with Gasteiger partial charge in [0.25, 0.3) is 0 Å². The van der Waals surface area contributed by atoms with Gasteiger partial charge in [0.15, 0.2) is 0 Å². The lowest BCUT2D eigenvalue weighted by Crippen LogP contribution is -2.40. The first-order chi connectivity index (χ1) is 20.5. The van der Waals surface area contributed by atoms with E-state index in [0.717, 1.165) is 36.1 Å². The SMILES string of the molecule is CCOc1ccc(-n2c(C(C)N(CC3CCSCC3)C(=O)Cc3ccc(F)c(C(F)(F)F)c3)nc3cc(F)ccc32)cc1. The third-order valence-electron chi connectivity index (χ3n) is 7.70. The minimum absolute atomic E-state index is 0.0669. The number of imidazole rings is 1. The molecule has 0 spiro atoms. The number of ether oxygens (including phenoxy) is 1. The number of hydrogen-bond donors (Lipinski definition) is 0. The first-order valence-electron chi connectivity index (χ1n) is 14.2. The summed E-state index contributed by atoms with van der Waals surface area (Å²) in [6.07, 6.45) is -3.42. The van der Waals surface area contributed by atoms with E-state index >= 15 is 0 Å². The number of rotatable bonds is 9. The van der Waals surface area contributed by atoms with Crippen molar-refractivity contribution in [2.75, 3.05) is 24.7 Å². The van der Waals surface area contributed by atoms with Crippen molar-refractivity contribution in [2.45, 2.75) is 45.3 Å². The minimum atomic E-state index is -4.88. The maximum absolute atomic E-state index is 14.3. The molecule has 0 saturated carbocycles. The van der Waals surface area contributed by atoms with Gasteiger partial charge in [0.1, 0.15) is 23.2 Å². The summed E-state index contributed by atoms with van der Waals surface area (Å²) in [5.41, 5.74) is 0.445. The second kappa shape index (κ2) is 13.0. The van der Waals surface area contributed by atoms with E-state index in [1.807, 2.05) is 54.4 Å². The maximum atomic E-state index is 14.3. The first-order valence-corrected chi connectivity index (χ1v) is 15.3. The van der Waals surface area contributed by atoms with E-state index in [-0.39, 0.29) is 17.9 Å². The predicted octanol–water partition coefficient (Wildman–Crippen LogP) is 8.00. The molecule has 2 heterocycles. The van der Waals surface area contributed by atoms with Gasteiger partial charge in [0, 0.05) is 18.3 Å². The topological polar surface area (TPSA) is 47.4 Å². The van der Waals surface area contributed by atoms with Crippen LogP contribution in [0.2, 0.25) is 0 Å². The number of aromatic nitrogens is 2. The van der Waals surface area contributed by atoms with E-state index in [9.17, 15) is 26.7 Å². The average Bonchev–Trinajstić information content (AvgIpc) is 3.35. The molecule has 1 saturated heterocycles. The number of benzene rings is 3. The number of carbonyl (C=O) groups is 1. The van der Waals surface area contributed by atoms with Crippen LogP contribution in [-0.4, -0.2) is 45.0 Å². The molecule has 0 N–H and O–H groups in total. The monoisotopic (exact) mass is 617 g/mol. The van der Waals surface area contributed by atoms with Gasteiger partial charge in [-0.15, -0.1) is 0 Å². The normalized spacial score (nSPS) is 15.0. The average molecular weight is 618 g/mol. The van der Waals surface area contributed by atoms with Crippen LogP contribution in [0.3, 0.4) is 0 Å². The highest BCUT2D eigenvalue weighted by Gasteiger charge is 2.35. The Balaban J connectivity index is 1.55. The highest BCUT2D eigenvalue weighted by molar-refractivity contribution is 7.99. The Morgan fingerprint density at radius 2 is 1.79 bits per heavy atom. The number of hydrogen-bond acceptors (Lipinski definition) is 4. The Bertz CT molecular complexity index is 1580. The van der Waals surface area contributed by atoms with Crippen LogP contribution in [0.15, 0.2) is 60.7 Å². The van der Waals surface area contributed by atoms with E-state index in [1.54, 1.807) is 11.0 Å². The van der Waals surface area contributed by atoms with Crippen LogP contribution in [-0.2, 0) is 17.4 Å². The molecule has 0 bridgehead atoms. The fraction of sp³-hybridized carbons (Fsp3) is 0.375. The molecule has 1 aliphatic heterocycles. The van der Waals surface area contributed by atoms with Crippen LogP contribution in [0.25, 0.3) is 16.7 Å². The summed E-state index contributed by atoms with van der Waals surface area (Å²) in [5.74, 6) is 1.04. The zero-order chi connectivity index (χ0) is 30.7. The summed E-state index contributed by atoms with van der Waals surface area (Å²) >= 11 is 1.85. The molecule has 1 fully saturated rings. The van der Waals surface area contributed by atoms with Gasteiger partial charge in [-0.1, -0.05) is 6.07 Å². The van der Waals surface area contributed by atoms with Gasteiger partial charge in [-0.2, -0.15) is 24.9 Å². The fourth-order valence-corrected chi connectivity index (χ4v) is 6.68. The van der Waals surface area contributed by atoms with Crippen LogP contribution in [0.4, 0.5) is 22.0 Å². The fourth-order valence-electron chi connectivity index (χ4n) is 5.48. The van der Waals surface area contributed by atoms with Crippen molar-refractivity contribution in [3.8, 4) is 11.4 Å². The van der Waals surface area contributed by atoms with Crippen molar-refractivity contribution in [3.05, 3.63) is 89.2 Å². The summed E-state index contributed by atoms with van der Waals surface area (Å²) in [7, 11) is 0. The quantitative estimate of drug-likeness (QED) is 0.179. The predicted molar refractivity (Wildman–Crippen MR) is 157 cm³/mol. The summed E-state index contributed by atoms with van der Waals surface area (Å²) in [6.45, 7) is 4.60. The van der Waals surface area contributed by atoms with Crippen molar-refractivity contribution in [1.82, 2.24) is 14.5 Å².